The molecule has 1 aromatic rings. The number of nitrogens with zero attached hydrogens (tertiary/aromatic N) is 1. The highest BCUT2D eigenvalue weighted by atomic mass is 32.2. The summed E-state index contributed by atoms with van der Waals surface area (Å²) >= 11 is 1.66. The highest BCUT2D eigenvalue weighted by Gasteiger charge is 2.39. The topological polar surface area (TPSA) is 37.9 Å². The van der Waals surface area contributed by atoms with Gasteiger partial charge in [0.25, 0.3) is 0 Å². The average molecular weight is 255 g/mol. The minimum Gasteiger partial charge on any atom is -0.466 e. The van der Waals surface area contributed by atoms with Crippen LogP contribution in [-0.2, 0) is 4.79 Å². The zero-order valence-corrected chi connectivity index (χ0v) is 11.3. The van der Waals surface area contributed by atoms with E-state index in [0.717, 1.165) is 18.8 Å². The number of carbonyl (C=O) groups is 1. The molecule has 0 spiro atoms. The molecule has 1 saturated heterocycles. The molecule has 1 aliphatic rings. The Morgan fingerprint density at radius 3 is 2.88 bits per heavy atom. The number of hydrogen-bond donors (Lipinski definition) is 1. The van der Waals surface area contributed by atoms with Crippen LogP contribution in [0.1, 0.15) is 18.1 Å². The highest BCUT2D eigenvalue weighted by molar-refractivity contribution is 8.01. The fraction of sp³-hybridized carbons (Fsp3) is 0.583. The van der Waals surface area contributed by atoms with E-state index in [9.17, 15) is 4.79 Å². The van der Waals surface area contributed by atoms with Crippen molar-refractivity contribution < 1.29 is 14.1 Å². The molecular weight excluding hydrogens is 236 g/mol. The molecular formula is C12H19N2O2S+. The number of nitrogens with one attached hydrogen (secondary N) is 1. The SMILES string of the molecule is C[C@@H]1S[C@H](c2ccco2)N(CC[NH+](C)C)C1=O. The van der Waals surface area contributed by atoms with E-state index in [1.807, 2.05) is 24.0 Å². The lowest BCUT2D eigenvalue weighted by Crippen LogP contribution is -3.06. The van der Waals surface area contributed by atoms with Gasteiger partial charge in [-0.05, 0) is 19.1 Å². The van der Waals surface area contributed by atoms with Crippen molar-refractivity contribution in [2.75, 3.05) is 27.2 Å². The van der Waals surface area contributed by atoms with Gasteiger partial charge >= 0.3 is 0 Å². The van der Waals surface area contributed by atoms with Crippen LogP contribution >= 0.6 is 11.8 Å². The van der Waals surface area contributed by atoms with Gasteiger partial charge < -0.3 is 14.2 Å². The van der Waals surface area contributed by atoms with Crippen LogP contribution in [0.5, 0.6) is 0 Å². The van der Waals surface area contributed by atoms with Gasteiger partial charge in [-0.2, -0.15) is 0 Å². The molecule has 5 heteroatoms. The van der Waals surface area contributed by atoms with E-state index in [4.69, 9.17) is 4.42 Å². The maximum Gasteiger partial charge on any atom is 0.236 e. The predicted molar refractivity (Wildman–Crippen MR) is 67.9 cm³/mol. The Labute approximate surface area is 106 Å². The lowest BCUT2D eigenvalue weighted by atomic mass is 10.3. The fourth-order valence-electron chi connectivity index (χ4n) is 1.90. The summed E-state index contributed by atoms with van der Waals surface area (Å²) in [5.41, 5.74) is 0. The molecule has 1 N–H and O–H groups in total. The van der Waals surface area contributed by atoms with Crippen molar-refractivity contribution >= 4 is 17.7 Å². The first-order chi connectivity index (χ1) is 8.09. The molecule has 0 unspecified atom stereocenters. The molecule has 0 aromatic carbocycles. The van der Waals surface area contributed by atoms with E-state index in [0.29, 0.717) is 0 Å². The van der Waals surface area contributed by atoms with Crippen molar-refractivity contribution in [1.29, 1.82) is 0 Å². The van der Waals surface area contributed by atoms with Crippen molar-refractivity contribution in [3.05, 3.63) is 24.2 Å². The van der Waals surface area contributed by atoms with Crippen LogP contribution < -0.4 is 4.90 Å². The van der Waals surface area contributed by atoms with Crippen LogP contribution in [0.2, 0.25) is 0 Å². The van der Waals surface area contributed by atoms with Gasteiger partial charge in [0.2, 0.25) is 5.91 Å². The smallest absolute Gasteiger partial charge is 0.236 e. The third kappa shape index (κ3) is 2.66. The third-order valence-electron chi connectivity index (χ3n) is 2.89. The van der Waals surface area contributed by atoms with E-state index in [1.165, 1.54) is 4.90 Å². The van der Waals surface area contributed by atoms with Gasteiger partial charge in [-0.3, -0.25) is 4.79 Å². The Bertz CT molecular complexity index is 378. The second-order valence-electron chi connectivity index (χ2n) is 4.63. The van der Waals surface area contributed by atoms with Crippen molar-refractivity contribution in [3.63, 3.8) is 0 Å². The highest BCUT2D eigenvalue weighted by Crippen LogP contribution is 2.42. The van der Waals surface area contributed by atoms with E-state index < -0.39 is 0 Å². The summed E-state index contributed by atoms with van der Waals surface area (Å²) in [5, 5.41) is 0.0779. The Hall–Kier alpha value is -0.940. The summed E-state index contributed by atoms with van der Waals surface area (Å²) in [5.74, 6) is 1.10. The average Bonchev–Trinajstić information content (AvgIpc) is 2.87. The number of hydrogen-bond acceptors (Lipinski definition) is 3. The van der Waals surface area contributed by atoms with Crippen LogP contribution in [0.3, 0.4) is 0 Å². The van der Waals surface area contributed by atoms with Crippen LogP contribution in [0, 0.1) is 0 Å². The number of rotatable bonds is 4. The monoisotopic (exact) mass is 255 g/mol. The largest absolute Gasteiger partial charge is 0.466 e. The molecule has 1 aromatic heterocycles. The van der Waals surface area contributed by atoms with Crippen LogP contribution in [0.4, 0.5) is 0 Å². The first-order valence-corrected chi connectivity index (χ1v) is 6.82. The van der Waals surface area contributed by atoms with Crippen molar-refractivity contribution in [3.8, 4) is 0 Å². The van der Waals surface area contributed by atoms with Gasteiger partial charge in [0.15, 0.2) is 0 Å². The zero-order valence-electron chi connectivity index (χ0n) is 10.5. The molecule has 1 fully saturated rings. The van der Waals surface area contributed by atoms with E-state index in [1.54, 1.807) is 18.0 Å². The summed E-state index contributed by atoms with van der Waals surface area (Å²) in [7, 11) is 4.19. The number of furan rings is 1. The Morgan fingerprint density at radius 1 is 1.53 bits per heavy atom. The van der Waals surface area contributed by atoms with Crippen LogP contribution in [0.25, 0.3) is 0 Å². The first kappa shape index (κ1) is 12.5. The molecule has 4 nitrogen and oxygen atoms in total. The molecule has 0 aliphatic carbocycles. The van der Waals surface area contributed by atoms with Gasteiger partial charge in [-0.25, -0.2) is 0 Å². The molecule has 0 saturated carbocycles. The summed E-state index contributed by atoms with van der Waals surface area (Å²) < 4.78 is 5.43. The molecule has 2 atom stereocenters. The van der Waals surface area contributed by atoms with Crippen LogP contribution in [-0.4, -0.2) is 43.2 Å². The second-order valence-corrected chi connectivity index (χ2v) is 6.06. The Kier molecular flexibility index (Phi) is 3.79. The summed E-state index contributed by atoms with van der Waals surface area (Å²) in [4.78, 5) is 15.4. The second kappa shape index (κ2) is 5.14. The minimum absolute atomic E-state index is 0.0299. The molecule has 2 heterocycles. The van der Waals surface area contributed by atoms with Gasteiger partial charge in [-0.15, -0.1) is 11.8 Å². The van der Waals surface area contributed by atoms with E-state index in [2.05, 4.69) is 14.1 Å². The fourth-order valence-corrected chi connectivity index (χ4v) is 3.16. The number of likely N-dealkylation sites (N-methyl/N-ethyl adjacent to an activating group) is 1. The molecule has 1 amide bonds. The zero-order chi connectivity index (χ0) is 12.4. The van der Waals surface area contributed by atoms with Crippen molar-refractivity contribution in [1.82, 2.24) is 4.90 Å². The number of amides is 1. The molecule has 0 radical (unpaired) electrons. The maximum absolute atomic E-state index is 12.1. The normalized spacial score (nSPS) is 24.9. The third-order valence-corrected chi connectivity index (χ3v) is 4.24. The lowest BCUT2D eigenvalue weighted by Gasteiger charge is -2.22. The summed E-state index contributed by atoms with van der Waals surface area (Å²) in [6.45, 7) is 3.70. The van der Waals surface area contributed by atoms with Gasteiger partial charge in [0, 0.05) is 0 Å². The molecule has 0 bridgehead atoms. The number of quaternary nitrogens is 1. The standard InChI is InChI=1S/C12H18N2O2S/c1-9-11(15)14(7-6-13(2)3)12(17-9)10-5-4-8-16-10/h4-5,8-9,12H,6-7H2,1-3H3/p+1/t9-,12+/m0/s1. The number of thioether (sulfide) groups is 1. The van der Waals surface area contributed by atoms with Gasteiger partial charge in [0.1, 0.15) is 11.1 Å². The van der Waals surface area contributed by atoms with Crippen LogP contribution in [0.15, 0.2) is 22.8 Å². The maximum atomic E-state index is 12.1. The molecule has 1 aliphatic heterocycles. The Morgan fingerprint density at radius 2 is 2.29 bits per heavy atom. The summed E-state index contributed by atoms with van der Waals surface area (Å²) in [6.07, 6.45) is 1.67. The minimum atomic E-state index is 0.0299. The molecule has 17 heavy (non-hydrogen) atoms. The van der Waals surface area contributed by atoms with E-state index >= 15 is 0 Å². The molecule has 2 rings (SSSR count). The van der Waals surface area contributed by atoms with Gasteiger partial charge in [0.05, 0.1) is 38.7 Å². The Balaban J connectivity index is 2.11. The first-order valence-electron chi connectivity index (χ1n) is 5.88. The predicted octanol–water partition coefficient (Wildman–Crippen LogP) is 0.387. The van der Waals surface area contributed by atoms with Gasteiger partial charge in [-0.1, -0.05) is 0 Å². The van der Waals surface area contributed by atoms with Crippen molar-refractivity contribution in [2.45, 2.75) is 17.5 Å². The lowest BCUT2D eigenvalue weighted by molar-refractivity contribution is -0.857. The molecule has 94 valence electrons. The van der Waals surface area contributed by atoms with E-state index in [-0.39, 0.29) is 16.5 Å². The summed E-state index contributed by atoms with van der Waals surface area (Å²) in [6, 6.07) is 3.82. The number of carbonyl (C=O) groups excluding carboxylic acids is 1. The van der Waals surface area contributed by atoms with Crippen molar-refractivity contribution in [2.24, 2.45) is 0 Å². The quantitative estimate of drug-likeness (QED) is 0.845.